The van der Waals surface area contributed by atoms with Gasteiger partial charge < -0.3 is 9.47 Å². The lowest BCUT2D eigenvalue weighted by atomic mass is 10.2. The molecular formula is C18H20BrN3O5S. The normalized spacial score (nSPS) is 11.6. The zero-order valence-corrected chi connectivity index (χ0v) is 18.0. The molecule has 0 saturated heterocycles. The largest absolute Gasteiger partial charge is 0.497 e. The first kappa shape index (κ1) is 21.9. The van der Waals surface area contributed by atoms with Gasteiger partial charge >= 0.3 is 0 Å². The highest BCUT2D eigenvalue weighted by Gasteiger charge is 2.27. The van der Waals surface area contributed by atoms with Gasteiger partial charge in [0.15, 0.2) is 0 Å². The number of hydrogen-bond acceptors (Lipinski definition) is 6. The van der Waals surface area contributed by atoms with Crippen molar-refractivity contribution in [3.05, 3.63) is 52.5 Å². The minimum absolute atomic E-state index is 0.0944. The van der Waals surface area contributed by atoms with Gasteiger partial charge in [-0.25, -0.2) is 13.8 Å². The molecule has 2 rings (SSSR count). The first-order valence-corrected chi connectivity index (χ1v) is 10.3. The van der Waals surface area contributed by atoms with E-state index in [9.17, 15) is 13.2 Å². The number of nitrogens with one attached hydrogen (secondary N) is 1. The van der Waals surface area contributed by atoms with E-state index >= 15 is 0 Å². The number of sulfonamides is 1. The molecule has 150 valence electrons. The molecule has 0 bridgehead atoms. The Morgan fingerprint density at radius 2 is 1.86 bits per heavy atom. The molecule has 2 aromatic rings. The van der Waals surface area contributed by atoms with E-state index < -0.39 is 22.5 Å². The Hall–Kier alpha value is -2.43. The molecule has 8 nitrogen and oxygen atoms in total. The molecule has 28 heavy (non-hydrogen) atoms. The molecule has 1 N–H and O–H groups in total. The molecule has 0 aliphatic rings. The molecule has 0 atom stereocenters. The second-order valence-electron chi connectivity index (χ2n) is 5.62. The minimum Gasteiger partial charge on any atom is -0.497 e. The van der Waals surface area contributed by atoms with Crippen LogP contribution in [0.3, 0.4) is 0 Å². The summed E-state index contributed by atoms with van der Waals surface area (Å²) in [4.78, 5) is 12.0. The Bertz CT molecular complexity index is 962. The van der Waals surface area contributed by atoms with Gasteiger partial charge in [0.2, 0.25) is 10.0 Å². The van der Waals surface area contributed by atoms with Gasteiger partial charge in [0, 0.05) is 17.6 Å². The maximum absolute atomic E-state index is 12.8. The number of amides is 1. The number of benzene rings is 2. The van der Waals surface area contributed by atoms with Crippen molar-refractivity contribution >= 4 is 38.1 Å². The number of carbonyl (C=O) groups is 1. The lowest BCUT2D eigenvalue weighted by Crippen LogP contribution is -2.36. The number of halogens is 1. The molecule has 0 unspecified atom stereocenters. The number of nitrogens with zero attached hydrogens (tertiary/aromatic N) is 2. The number of hydrogen-bond donors (Lipinski definition) is 1. The van der Waals surface area contributed by atoms with E-state index in [1.807, 2.05) is 24.3 Å². The molecule has 10 heteroatoms. The number of hydrazone groups is 1. The summed E-state index contributed by atoms with van der Waals surface area (Å²) in [5.41, 5.74) is 3.09. The molecule has 0 aliphatic heterocycles. The summed E-state index contributed by atoms with van der Waals surface area (Å²) in [6.45, 7) is -0.416. The smallest absolute Gasteiger partial charge is 0.255 e. The highest BCUT2D eigenvalue weighted by Crippen LogP contribution is 2.30. The van der Waals surface area contributed by atoms with E-state index in [-0.39, 0.29) is 10.6 Å². The third kappa shape index (κ3) is 5.54. The monoisotopic (exact) mass is 469 g/mol. The molecule has 0 heterocycles. The molecule has 2 aromatic carbocycles. The topological polar surface area (TPSA) is 97.3 Å². The Labute approximate surface area is 172 Å². The van der Waals surface area contributed by atoms with E-state index in [2.05, 4.69) is 26.5 Å². The van der Waals surface area contributed by atoms with Gasteiger partial charge in [-0.2, -0.15) is 9.41 Å². The van der Waals surface area contributed by atoms with Crippen LogP contribution in [-0.4, -0.2) is 52.7 Å². The Kier molecular flexibility index (Phi) is 7.55. The van der Waals surface area contributed by atoms with Gasteiger partial charge in [-0.1, -0.05) is 28.1 Å². The first-order valence-electron chi connectivity index (χ1n) is 8.03. The molecular weight excluding hydrogens is 450 g/mol. The van der Waals surface area contributed by atoms with Crippen LogP contribution in [0.5, 0.6) is 11.5 Å². The average molecular weight is 470 g/mol. The van der Waals surface area contributed by atoms with E-state index in [4.69, 9.17) is 9.47 Å². The summed E-state index contributed by atoms with van der Waals surface area (Å²) < 4.78 is 37.6. The molecule has 0 spiro atoms. The van der Waals surface area contributed by atoms with Gasteiger partial charge in [0.05, 0.1) is 27.0 Å². The van der Waals surface area contributed by atoms with E-state index in [1.54, 1.807) is 6.07 Å². The van der Waals surface area contributed by atoms with Crippen LogP contribution in [0.15, 0.2) is 56.9 Å². The van der Waals surface area contributed by atoms with Gasteiger partial charge in [-0.15, -0.1) is 0 Å². The lowest BCUT2D eigenvalue weighted by Gasteiger charge is -2.18. The van der Waals surface area contributed by atoms with E-state index in [1.165, 1.54) is 39.6 Å². The van der Waals surface area contributed by atoms with Crippen molar-refractivity contribution in [1.82, 2.24) is 9.73 Å². The van der Waals surface area contributed by atoms with Crippen LogP contribution in [0, 0.1) is 0 Å². The highest BCUT2D eigenvalue weighted by molar-refractivity contribution is 9.10. The molecule has 0 aliphatic carbocycles. The number of likely N-dealkylation sites (N-methyl/N-ethyl adjacent to an activating group) is 1. The third-order valence-electron chi connectivity index (χ3n) is 3.70. The highest BCUT2D eigenvalue weighted by atomic mass is 79.9. The summed E-state index contributed by atoms with van der Waals surface area (Å²) in [5.74, 6) is -0.0704. The number of rotatable bonds is 8. The lowest BCUT2D eigenvalue weighted by molar-refractivity contribution is -0.121. The fraction of sp³-hybridized carbons (Fsp3) is 0.222. The number of carbonyl (C=O) groups excluding carboxylic acids is 1. The number of methoxy groups -OCH3 is 2. The Morgan fingerprint density at radius 1 is 1.18 bits per heavy atom. The van der Waals surface area contributed by atoms with Crippen molar-refractivity contribution in [2.24, 2.45) is 5.10 Å². The summed E-state index contributed by atoms with van der Waals surface area (Å²) >= 11 is 3.33. The number of ether oxygens (including phenoxy) is 2. The van der Waals surface area contributed by atoms with Crippen LogP contribution in [0.4, 0.5) is 0 Å². The van der Waals surface area contributed by atoms with Crippen molar-refractivity contribution in [3.8, 4) is 11.5 Å². The van der Waals surface area contributed by atoms with Crippen molar-refractivity contribution in [3.63, 3.8) is 0 Å². The predicted molar refractivity (Wildman–Crippen MR) is 109 cm³/mol. The summed E-state index contributed by atoms with van der Waals surface area (Å²) in [5, 5.41) is 3.83. The van der Waals surface area contributed by atoms with Crippen LogP contribution in [0.1, 0.15) is 5.56 Å². The molecule has 0 radical (unpaired) electrons. The fourth-order valence-electron chi connectivity index (χ4n) is 2.20. The van der Waals surface area contributed by atoms with Crippen molar-refractivity contribution in [2.75, 3.05) is 27.8 Å². The van der Waals surface area contributed by atoms with Gasteiger partial charge in [0.1, 0.15) is 16.4 Å². The first-order chi connectivity index (χ1) is 13.3. The predicted octanol–water partition coefficient (Wildman–Crippen LogP) is 2.24. The summed E-state index contributed by atoms with van der Waals surface area (Å²) in [6.07, 6.45) is 1.46. The molecule has 1 amide bonds. The van der Waals surface area contributed by atoms with Crippen LogP contribution >= 0.6 is 15.9 Å². The second kappa shape index (κ2) is 9.67. The van der Waals surface area contributed by atoms with E-state index in [0.717, 1.165) is 14.3 Å². The van der Waals surface area contributed by atoms with Crippen molar-refractivity contribution in [2.45, 2.75) is 4.90 Å². The van der Waals surface area contributed by atoms with E-state index in [0.29, 0.717) is 5.75 Å². The summed E-state index contributed by atoms with van der Waals surface area (Å²) in [7, 11) is 0.112. The maximum atomic E-state index is 12.8. The summed E-state index contributed by atoms with van der Waals surface area (Å²) in [6, 6.07) is 11.7. The molecule has 0 aromatic heterocycles. The van der Waals surface area contributed by atoms with Gasteiger partial charge in [0.25, 0.3) is 5.91 Å². The van der Waals surface area contributed by atoms with Gasteiger partial charge in [-0.3, -0.25) is 4.79 Å². The van der Waals surface area contributed by atoms with Crippen LogP contribution in [-0.2, 0) is 14.8 Å². The van der Waals surface area contributed by atoms with Crippen molar-refractivity contribution < 1.29 is 22.7 Å². The van der Waals surface area contributed by atoms with Crippen LogP contribution in [0.2, 0.25) is 0 Å². The SMILES string of the molecule is COc1ccc(OC)c(S(=O)(=O)N(C)CC(=O)N/N=C\c2ccc(Br)cc2)c1. The zero-order valence-electron chi connectivity index (χ0n) is 15.5. The molecule has 0 saturated carbocycles. The maximum Gasteiger partial charge on any atom is 0.255 e. The zero-order chi connectivity index (χ0) is 20.7. The Morgan fingerprint density at radius 3 is 2.46 bits per heavy atom. The van der Waals surface area contributed by atoms with Crippen LogP contribution in [0.25, 0.3) is 0 Å². The van der Waals surface area contributed by atoms with Crippen molar-refractivity contribution in [1.29, 1.82) is 0 Å². The molecule has 0 fully saturated rings. The third-order valence-corrected chi connectivity index (χ3v) is 6.05. The fourth-order valence-corrected chi connectivity index (χ4v) is 3.76. The minimum atomic E-state index is -3.98. The average Bonchev–Trinajstić information content (AvgIpc) is 2.68. The van der Waals surface area contributed by atoms with Crippen LogP contribution < -0.4 is 14.9 Å². The Balaban J connectivity index is 2.07. The van der Waals surface area contributed by atoms with Gasteiger partial charge in [-0.05, 0) is 29.8 Å². The second-order valence-corrected chi connectivity index (χ2v) is 8.55. The quantitative estimate of drug-likeness (QED) is 0.472. The standard InChI is InChI=1S/C18H20BrN3O5S/c1-22(12-18(23)21-20-11-13-4-6-14(19)7-5-13)28(24,25)17-10-15(26-2)8-9-16(17)27-3/h4-11H,12H2,1-3H3,(H,21,23)/b20-11-.